The van der Waals surface area contributed by atoms with Crippen LogP contribution in [-0.2, 0) is 16.8 Å². The quantitative estimate of drug-likeness (QED) is 0.710. The number of aromatic carboxylic acids is 1. The van der Waals surface area contributed by atoms with E-state index < -0.39 is 5.97 Å². The second-order valence-electron chi connectivity index (χ2n) is 1.14. The molecule has 1 heterocycles. The first-order valence-corrected chi connectivity index (χ1v) is 2.81. The molecule has 5 heteroatoms. The van der Waals surface area contributed by atoms with Gasteiger partial charge in [0.15, 0.2) is 0 Å². The van der Waals surface area contributed by atoms with Crippen LogP contribution in [0.3, 0.4) is 0 Å². The molecule has 0 atom stereocenters. The largest absolute Gasteiger partial charge is 0.476 e. The summed E-state index contributed by atoms with van der Waals surface area (Å²) in [6, 6.07) is 0. The molecule has 3 nitrogen and oxygen atoms in total. The monoisotopic (exact) mass is 188 g/mol. The van der Waals surface area contributed by atoms with E-state index in [0.29, 0.717) is 0 Å². The van der Waals surface area contributed by atoms with Crippen LogP contribution in [0, 0.1) is 0 Å². The standard InChI is InChI=1S/C4H3NO2S.Co/c6-4(7)3-5-1-2-8-3;/h1-2H,(H,6,7);. The maximum absolute atomic E-state index is 10.0. The van der Waals surface area contributed by atoms with Crippen molar-refractivity contribution in [3.63, 3.8) is 0 Å². The van der Waals surface area contributed by atoms with E-state index in [9.17, 15) is 4.79 Å². The number of rotatable bonds is 1. The summed E-state index contributed by atoms with van der Waals surface area (Å²) in [5.74, 6) is -0.958. The van der Waals surface area contributed by atoms with Crippen LogP contribution in [-0.4, -0.2) is 16.1 Å². The maximum atomic E-state index is 10.0. The van der Waals surface area contributed by atoms with Gasteiger partial charge in [-0.3, -0.25) is 0 Å². The van der Waals surface area contributed by atoms with Gasteiger partial charge in [-0.05, 0) is 0 Å². The number of aromatic nitrogens is 1. The Morgan fingerprint density at radius 3 is 2.67 bits per heavy atom. The van der Waals surface area contributed by atoms with Crippen molar-refractivity contribution in [1.82, 2.24) is 4.98 Å². The van der Waals surface area contributed by atoms with E-state index in [1.807, 2.05) is 0 Å². The predicted molar refractivity (Wildman–Crippen MR) is 29.1 cm³/mol. The molecule has 0 saturated heterocycles. The van der Waals surface area contributed by atoms with Crippen LogP contribution in [0.2, 0.25) is 0 Å². The summed E-state index contributed by atoms with van der Waals surface area (Å²) < 4.78 is 0. The molecule has 0 bridgehead atoms. The molecular weight excluding hydrogens is 185 g/mol. The molecule has 0 aliphatic rings. The number of carboxylic acid groups (broad SMARTS) is 1. The number of hydrogen-bond donors (Lipinski definition) is 1. The molecule has 51 valence electrons. The van der Waals surface area contributed by atoms with E-state index in [1.54, 1.807) is 5.38 Å². The minimum absolute atomic E-state index is 0. The fourth-order valence-corrected chi connectivity index (χ4v) is 0.802. The van der Waals surface area contributed by atoms with Crippen LogP contribution >= 0.6 is 11.3 Å². The topological polar surface area (TPSA) is 50.2 Å². The summed E-state index contributed by atoms with van der Waals surface area (Å²) in [7, 11) is 0. The molecule has 0 aromatic carbocycles. The molecule has 0 aliphatic carbocycles. The van der Waals surface area contributed by atoms with Gasteiger partial charge in [-0.1, -0.05) is 0 Å². The van der Waals surface area contributed by atoms with E-state index in [2.05, 4.69) is 4.98 Å². The normalized spacial score (nSPS) is 8.00. The first-order chi connectivity index (χ1) is 3.80. The average Bonchev–Trinajstić information content (AvgIpc) is 2.12. The van der Waals surface area contributed by atoms with E-state index in [0.717, 1.165) is 11.3 Å². The van der Waals surface area contributed by atoms with Gasteiger partial charge in [-0.2, -0.15) is 0 Å². The summed E-state index contributed by atoms with van der Waals surface area (Å²) in [4.78, 5) is 13.5. The molecular formula is C4H3CoNO2S. The SMILES string of the molecule is O=C(O)c1nccs1.[Co]. The smallest absolute Gasteiger partial charge is 0.364 e. The molecule has 0 aliphatic heterocycles. The number of thiazole rings is 1. The van der Waals surface area contributed by atoms with E-state index in [4.69, 9.17) is 5.11 Å². The minimum Gasteiger partial charge on any atom is -0.476 e. The maximum Gasteiger partial charge on any atom is 0.364 e. The molecule has 1 rings (SSSR count). The van der Waals surface area contributed by atoms with Crippen molar-refractivity contribution in [3.8, 4) is 0 Å². The second kappa shape index (κ2) is 3.60. The Labute approximate surface area is 65.9 Å². The van der Waals surface area contributed by atoms with Crippen LogP contribution in [0.5, 0.6) is 0 Å². The number of nitrogens with zero attached hydrogens (tertiary/aromatic N) is 1. The first-order valence-electron chi connectivity index (χ1n) is 1.93. The van der Waals surface area contributed by atoms with Gasteiger partial charge in [0, 0.05) is 28.4 Å². The zero-order valence-corrected chi connectivity index (χ0v) is 6.06. The van der Waals surface area contributed by atoms with Crippen LogP contribution < -0.4 is 0 Å². The summed E-state index contributed by atoms with van der Waals surface area (Å²) in [6.07, 6.45) is 1.47. The van der Waals surface area contributed by atoms with E-state index in [1.165, 1.54) is 6.20 Å². The number of carboxylic acids is 1. The fraction of sp³-hybridized carbons (Fsp3) is 0. The van der Waals surface area contributed by atoms with Crippen LogP contribution in [0.25, 0.3) is 0 Å². The van der Waals surface area contributed by atoms with Crippen molar-refractivity contribution in [3.05, 3.63) is 16.6 Å². The van der Waals surface area contributed by atoms with Gasteiger partial charge in [-0.25, -0.2) is 9.78 Å². The summed E-state index contributed by atoms with van der Waals surface area (Å²) in [6.45, 7) is 0. The van der Waals surface area contributed by atoms with Crippen LogP contribution in [0.4, 0.5) is 0 Å². The third kappa shape index (κ3) is 2.13. The Kier molecular flexibility index (Phi) is 3.44. The molecule has 0 spiro atoms. The Bertz CT molecular complexity index is 186. The van der Waals surface area contributed by atoms with Crippen molar-refractivity contribution in [2.45, 2.75) is 0 Å². The average molecular weight is 188 g/mol. The molecule has 9 heavy (non-hydrogen) atoms. The molecule has 0 fully saturated rings. The zero-order valence-electron chi connectivity index (χ0n) is 4.20. The van der Waals surface area contributed by atoms with E-state index >= 15 is 0 Å². The van der Waals surface area contributed by atoms with Gasteiger partial charge < -0.3 is 5.11 Å². The number of carbonyl (C=O) groups is 1. The van der Waals surface area contributed by atoms with Crippen LogP contribution in [0.1, 0.15) is 9.80 Å². The molecule has 0 saturated carbocycles. The molecule has 1 radical (unpaired) electrons. The van der Waals surface area contributed by atoms with Crippen molar-refractivity contribution < 1.29 is 26.7 Å². The minimum atomic E-state index is -0.958. The Balaban J connectivity index is 0.000000640. The molecule has 1 aromatic heterocycles. The third-order valence-electron chi connectivity index (χ3n) is 0.615. The van der Waals surface area contributed by atoms with Gasteiger partial charge in [0.1, 0.15) is 0 Å². The Morgan fingerprint density at radius 1 is 1.78 bits per heavy atom. The molecule has 0 unspecified atom stereocenters. The van der Waals surface area contributed by atoms with Crippen molar-refractivity contribution in [2.24, 2.45) is 0 Å². The molecule has 0 amide bonds. The Hall–Kier alpha value is -0.394. The van der Waals surface area contributed by atoms with Gasteiger partial charge in [0.25, 0.3) is 0 Å². The molecule has 1 N–H and O–H groups in total. The molecule has 1 aromatic rings. The predicted octanol–water partition coefficient (Wildman–Crippen LogP) is 0.839. The van der Waals surface area contributed by atoms with Crippen molar-refractivity contribution in [1.29, 1.82) is 0 Å². The Morgan fingerprint density at radius 2 is 2.44 bits per heavy atom. The second-order valence-corrected chi connectivity index (χ2v) is 2.04. The van der Waals surface area contributed by atoms with Gasteiger partial charge in [0.05, 0.1) is 0 Å². The number of hydrogen-bond acceptors (Lipinski definition) is 3. The fourth-order valence-electron chi connectivity index (χ4n) is 0.329. The first kappa shape index (κ1) is 8.61. The third-order valence-corrected chi connectivity index (χ3v) is 1.38. The van der Waals surface area contributed by atoms with Gasteiger partial charge >= 0.3 is 5.97 Å². The summed E-state index contributed by atoms with van der Waals surface area (Å²) in [5.41, 5.74) is 0. The van der Waals surface area contributed by atoms with E-state index in [-0.39, 0.29) is 21.8 Å². The zero-order chi connectivity index (χ0) is 5.98. The summed E-state index contributed by atoms with van der Waals surface area (Å²) >= 11 is 1.12. The van der Waals surface area contributed by atoms with Gasteiger partial charge in [0.2, 0.25) is 5.01 Å². The van der Waals surface area contributed by atoms with Gasteiger partial charge in [-0.15, -0.1) is 11.3 Å². The van der Waals surface area contributed by atoms with Crippen LogP contribution in [0.15, 0.2) is 11.6 Å². The van der Waals surface area contributed by atoms with Crippen molar-refractivity contribution in [2.75, 3.05) is 0 Å². The van der Waals surface area contributed by atoms with Crippen molar-refractivity contribution >= 4 is 17.3 Å². The summed E-state index contributed by atoms with van der Waals surface area (Å²) in [5, 5.41) is 9.99.